The second kappa shape index (κ2) is 5.25. The molecule has 6 nitrogen and oxygen atoms in total. The molecule has 0 bridgehead atoms. The Morgan fingerprint density at radius 3 is 2.90 bits per heavy atom. The van der Waals surface area contributed by atoms with Crippen molar-refractivity contribution in [3.05, 3.63) is 32.9 Å². The Bertz CT molecular complexity index is 896. The third-order valence-electron chi connectivity index (χ3n) is 2.91. The highest BCUT2D eigenvalue weighted by molar-refractivity contribution is 7.89. The van der Waals surface area contributed by atoms with Gasteiger partial charge in [-0.1, -0.05) is 11.6 Å². The van der Waals surface area contributed by atoms with Gasteiger partial charge in [0.2, 0.25) is 0 Å². The van der Waals surface area contributed by atoms with E-state index in [4.69, 9.17) is 17.3 Å². The number of rotatable bonds is 4. The molecule has 0 aliphatic carbocycles. The van der Waals surface area contributed by atoms with Crippen LogP contribution in [0.5, 0.6) is 0 Å². The molecule has 21 heavy (non-hydrogen) atoms. The number of fused-ring (bicyclic) bond motifs is 1. The molecule has 3 heterocycles. The number of hydrogen-bond donors (Lipinski definition) is 1. The molecule has 0 atom stereocenters. The van der Waals surface area contributed by atoms with Gasteiger partial charge in [-0.2, -0.15) is 4.31 Å². The Hall–Kier alpha value is -1.13. The molecule has 3 aromatic heterocycles. The van der Waals surface area contributed by atoms with Crippen LogP contribution in [0, 0.1) is 0 Å². The van der Waals surface area contributed by atoms with Crippen LogP contribution in [0.1, 0.15) is 4.88 Å². The second-order valence-electron chi connectivity index (χ2n) is 4.32. The van der Waals surface area contributed by atoms with Gasteiger partial charge in [0.1, 0.15) is 0 Å². The van der Waals surface area contributed by atoms with Crippen LogP contribution >= 0.6 is 34.3 Å². The monoisotopic (exact) mass is 362 g/mol. The van der Waals surface area contributed by atoms with Crippen molar-refractivity contribution in [1.82, 2.24) is 13.7 Å². The summed E-state index contributed by atoms with van der Waals surface area (Å²) in [7, 11) is -2.22. The highest BCUT2D eigenvalue weighted by Crippen LogP contribution is 2.28. The topological polar surface area (TPSA) is 80.7 Å². The summed E-state index contributed by atoms with van der Waals surface area (Å²) in [5, 5.41) is 1.77. The fraction of sp³-hybridized carbons (Fsp3) is 0.182. The lowest BCUT2D eigenvalue weighted by Crippen LogP contribution is -2.27. The van der Waals surface area contributed by atoms with E-state index >= 15 is 0 Å². The lowest BCUT2D eigenvalue weighted by Gasteiger charge is -2.15. The summed E-state index contributed by atoms with van der Waals surface area (Å²) in [5.41, 5.74) is 5.77. The number of aromatic nitrogens is 2. The van der Waals surface area contributed by atoms with E-state index in [1.807, 2.05) is 0 Å². The first-order valence-corrected chi connectivity index (χ1v) is 9.32. The Morgan fingerprint density at radius 2 is 2.24 bits per heavy atom. The maximum Gasteiger partial charge on any atom is 0.262 e. The number of anilines is 1. The van der Waals surface area contributed by atoms with Crippen molar-refractivity contribution in [2.75, 3.05) is 12.8 Å². The highest BCUT2D eigenvalue weighted by Gasteiger charge is 2.29. The molecule has 3 rings (SSSR count). The molecule has 0 spiro atoms. The maximum atomic E-state index is 12.7. The number of thiazole rings is 1. The summed E-state index contributed by atoms with van der Waals surface area (Å²) in [4.78, 5) is 5.48. The quantitative estimate of drug-likeness (QED) is 0.773. The average Bonchev–Trinajstić information content (AvgIpc) is 3.05. The normalized spacial score (nSPS) is 12.5. The lowest BCUT2D eigenvalue weighted by molar-refractivity contribution is 0.466. The molecule has 112 valence electrons. The Kier molecular flexibility index (Phi) is 3.70. The first-order valence-electron chi connectivity index (χ1n) is 5.81. The highest BCUT2D eigenvalue weighted by atomic mass is 35.5. The Morgan fingerprint density at radius 1 is 1.48 bits per heavy atom. The number of hydrogen-bond acceptors (Lipinski definition) is 6. The van der Waals surface area contributed by atoms with Gasteiger partial charge in [-0.3, -0.25) is 4.40 Å². The van der Waals surface area contributed by atoms with Crippen molar-refractivity contribution in [3.63, 3.8) is 0 Å². The zero-order valence-electron chi connectivity index (χ0n) is 10.9. The number of sulfonamides is 1. The maximum absolute atomic E-state index is 12.7. The van der Waals surface area contributed by atoms with Gasteiger partial charge in [0.25, 0.3) is 10.0 Å². The van der Waals surface area contributed by atoms with Crippen molar-refractivity contribution in [2.45, 2.75) is 11.6 Å². The van der Waals surface area contributed by atoms with Crippen molar-refractivity contribution in [2.24, 2.45) is 0 Å². The Labute approximate surface area is 134 Å². The smallest absolute Gasteiger partial charge is 0.262 e. The molecule has 2 N–H and O–H groups in total. The predicted octanol–water partition coefficient (Wildman–Crippen LogP) is 2.51. The average molecular weight is 363 g/mol. The minimum Gasteiger partial charge on any atom is -0.381 e. The lowest BCUT2D eigenvalue weighted by atomic mass is 10.5. The third-order valence-corrected chi connectivity index (χ3v) is 6.72. The number of nitrogens with zero attached hydrogens (tertiary/aromatic N) is 3. The molecule has 0 amide bonds. The standard InChI is InChI=1S/C11H11ClN4O2S3/c1-15(6-7-2-3-8(12)20-7)21(17,18)10-9(13)14-11-16(10)4-5-19-11/h2-5H,6,13H2,1H3. The molecule has 0 aliphatic heterocycles. The molecular weight excluding hydrogens is 352 g/mol. The van der Waals surface area contributed by atoms with Crippen molar-refractivity contribution in [1.29, 1.82) is 0 Å². The van der Waals surface area contributed by atoms with E-state index in [2.05, 4.69) is 4.98 Å². The largest absolute Gasteiger partial charge is 0.381 e. The van der Waals surface area contributed by atoms with E-state index in [1.165, 1.54) is 38.4 Å². The molecule has 10 heteroatoms. The second-order valence-corrected chi connectivity index (χ2v) is 8.96. The minimum absolute atomic E-state index is 0.00361. The van der Waals surface area contributed by atoms with Gasteiger partial charge >= 0.3 is 0 Å². The van der Waals surface area contributed by atoms with Crippen molar-refractivity contribution < 1.29 is 8.42 Å². The number of imidazole rings is 1. The number of nitrogens with two attached hydrogens (primary N) is 1. The molecule has 0 radical (unpaired) electrons. The van der Waals surface area contributed by atoms with Gasteiger partial charge in [-0.15, -0.1) is 22.7 Å². The number of nitrogen functional groups attached to an aromatic ring is 1. The number of halogens is 1. The van der Waals surface area contributed by atoms with E-state index in [9.17, 15) is 8.42 Å². The van der Waals surface area contributed by atoms with Gasteiger partial charge in [-0.05, 0) is 12.1 Å². The molecular formula is C11H11ClN4O2S3. The van der Waals surface area contributed by atoms with Crippen LogP contribution in [0.25, 0.3) is 4.96 Å². The van der Waals surface area contributed by atoms with Gasteiger partial charge in [0.15, 0.2) is 15.8 Å². The fourth-order valence-electron chi connectivity index (χ4n) is 1.93. The Balaban J connectivity index is 1.99. The van der Waals surface area contributed by atoms with Crippen LogP contribution in [0.15, 0.2) is 28.7 Å². The van der Waals surface area contributed by atoms with Crippen LogP contribution in [0.3, 0.4) is 0 Å². The first-order chi connectivity index (χ1) is 9.89. The zero-order chi connectivity index (χ0) is 15.2. The van der Waals surface area contributed by atoms with Crippen LogP contribution < -0.4 is 5.73 Å². The first kappa shape index (κ1) is 14.8. The molecule has 0 unspecified atom stereocenters. The SMILES string of the molecule is CN(Cc1ccc(Cl)s1)S(=O)(=O)c1c(N)nc2sccn12. The molecule has 0 fully saturated rings. The molecule has 3 aromatic rings. The summed E-state index contributed by atoms with van der Waals surface area (Å²) < 4.78 is 28.8. The van der Waals surface area contributed by atoms with Gasteiger partial charge < -0.3 is 5.73 Å². The molecule has 0 aliphatic rings. The van der Waals surface area contributed by atoms with E-state index in [0.717, 1.165) is 4.88 Å². The summed E-state index contributed by atoms with van der Waals surface area (Å²) in [6.07, 6.45) is 1.64. The predicted molar refractivity (Wildman–Crippen MR) is 85.5 cm³/mol. The number of thiophene rings is 1. The minimum atomic E-state index is -3.73. The van der Waals surface area contributed by atoms with Gasteiger partial charge in [0, 0.05) is 30.0 Å². The molecule has 0 saturated carbocycles. The summed E-state index contributed by atoms with van der Waals surface area (Å²) in [6.45, 7) is 0.233. The van der Waals surface area contributed by atoms with Crippen LogP contribution in [0.2, 0.25) is 4.34 Å². The fourth-order valence-corrected chi connectivity index (χ4v) is 5.24. The van der Waals surface area contributed by atoms with E-state index < -0.39 is 10.0 Å². The van der Waals surface area contributed by atoms with E-state index in [0.29, 0.717) is 9.30 Å². The van der Waals surface area contributed by atoms with Gasteiger partial charge in [-0.25, -0.2) is 13.4 Å². The van der Waals surface area contributed by atoms with Crippen molar-refractivity contribution in [3.8, 4) is 0 Å². The van der Waals surface area contributed by atoms with E-state index in [1.54, 1.807) is 23.7 Å². The zero-order valence-corrected chi connectivity index (χ0v) is 14.1. The summed E-state index contributed by atoms with van der Waals surface area (Å²) in [6, 6.07) is 3.55. The summed E-state index contributed by atoms with van der Waals surface area (Å²) in [5.74, 6) is 0.0120. The molecule has 0 saturated heterocycles. The van der Waals surface area contributed by atoms with Crippen LogP contribution in [-0.4, -0.2) is 29.2 Å². The van der Waals surface area contributed by atoms with Crippen LogP contribution in [0.4, 0.5) is 5.82 Å². The third kappa shape index (κ3) is 2.55. The van der Waals surface area contributed by atoms with Gasteiger partial charge in [0.05, 0.1) is 4.34 Å². The van der Waals surface area contributed by atoms with E-state index in [-0.39, 0.29) is 17.4 Å². The van der Waals surface area contributed by atoms with Crippen LogP contribution in [-0.2, 0) is 16.6 Å². The molecule has 0 aromatic carbocycles. The van der Waals surface area contributed by atoms with Crippen molar-refractivity contribution >= 4 is 55.1 Å². The summed E-state index contributed by atoms with van der Waals surface area (Å²) >= 11 is 8.54.